The van der Waals surface area contributed by atoms with Crippen LogP contribution in [0, 0.1) is 5.92 Å². The minimum atomic E-state index is -0.461. The molecule has 2 heterocycles. The summed E-state index contributed by atoms with van der Waals surface area (Å²) in [6.07, 6.45) is 3.25. The summed E-state index contributed by atoms with van der Waals surface area (Å²) in [5.74, 6) is -0.0546. The third-order valence-corrected chi connectivity index (χ3v) is 6.13. The molecule has 0 bridgehead atoms. The highest BCUT2D eigenvalue weighted by molar-refractivity contribution is 8.15. The van der Waals surface area contributed by atoms with Gasteiger partial charge in [-0.05, 0) is 49.4 Å². The molecule has 2 aliphatic rings. The minimum Gasteiger partial charge on any atom is -0.352 e. The van der Waals surface area contributed by atoms with Gasteiger partial charge < -0.3 is 15.5 Å². The van der Waals surface area contributed by atoms with Crippen LogP contribution in [0.1, 0.15) is 49.9 Å². The Morgan fingerprint density at radius 2 is 1.90 bits per heavy atom. The minimum absolute atomic E-state index is 0.0851. The number of likely N-dealkylation sites (tertiary alicyclic amines) is 1. The van der Waals surface area contributed by atoms with Crippen molar-refractivity contribution < 1.29 is 14.4 Å². The number of carbonyl (C=O) groups excluding carboxylic acids is 3. The maximum Gasteiger partial charge on any atom is 0.262 e. The molecule has 0 unspecified atom stereocenters. The first-order chi connectivity index (χ1) is 13.9. The van der Waals surface area contributed by atoms with E-state index in [4.69, 9.17) is 0 Å². The quantitative estimate of drug-likeness (QED) is 0.713. The standard InChI is InChI=1S/C21H28N4O3S/c1-14(2)9-10-22-19(27)15-5-7-16(8-6-15)23-18(26)13-17-20(28)24-21(29-17)25-11-3-4-12-25/h5-8,14,17H,3-4,9-13H2,1-2H3,(H,22,27)(H,23,26)/t17-/m0/s1. The molecule has 1 atom stereocenters. The molecule has 2 aliphatic heterocycles. The number of amides is 3. The zero-order chi connectivity index (χ0) is 20.8. The highest BCUT2D eigenvalue weighted by atomic mass is 32.2. The Bertz CT molecular complexity index is 786. The summed E-state index contributed by atoms with van der Waals surface area (Å²) in [6.45, 7) is 6.72. The third-order valence-electron chi connectivity index (χ3n) is 4.91. The van der Waals surface area contributed by atoms with Crippen LogP contribution in [0.3, 0.4) is 0 Å². The molecule has 29 heavy (non-hydrogen) atoms. The summed E-state index contributed by atoms with van der Waals surface area (Å²) in [4.78, 5) is 42.8. The van der Waals surface area contributed by atoms with Gasteiger partial charge in [-0.2, -0.15) is 4.99 Å². The lowest BCUT2D eigenvalue weighted by Crippen LogP contribution is -2.25. The Balaban J connectivity index is 1.46. The molecule has 0 radical (unpaired) electrons. The van der Waals surface area contributed by atoms with E-state index in [1.165, 1.54) is 11.8 Å². The molecule has 1 aromatic carbocycles. The molecule has 3 amide bonds. The van der Waals surface area contributed by atoms with E-state index in [2.05, 4.69) is 34.4 Å². The average Bonchev–Trinajstić information content (AvgIpc) is 3.32. The van der Waals surface area contributed by atoms with Crippen LogP contribution in [-0.2, 0) is 9.59 Å². The maximum absolute atomic E-state index is 12.3. The van der Waals surface area contributed by atoms with Crippen LogP contribution >= 0.6 is 11.8 Å². The average molecular weight is 417 g/mol. The zero-order valence-corrected chi connectivity index (χ0v) is 17.8. The van der Waals surface area contributed by atoms with Crippen molar-refractivity contribution in [2.75, 3.05) is 25.0 Å². The fraction of sp³-hybridized carbons (Fsp3) is 0.524. The number of amidine groups is 1. The van der Waals surface area contributed by atoms with E-state index in [1.54, 1.807) is 24.3 Å². The van der Waals surface area contributed by atoms with E-state index in [0.717, 1.165) is 37.5 Å². The van der Waals surface area contributed by atoms with Gasteiger partial charge in [-0.25, -0.2) is 0 Å². The number of thioether (sulfide) groups is 1. The van der Waals surface area contributed by atoms with Gasteiger partial charge in [0.2, 0.25) is 5.91 Å². The van der Waals surface area contributed by atoms with Crippen LogP contribution in [0.15, 0.2) is 29.3 Å². The van der Waals surface area contributed by atoms with E-state index >= 15 is 0 Å². The number of anilines is 1. The van der Waals surface area contributed by atoms with Crippen molar-refractivity contribution >= 4 is 40.3 Å². The molecule has 0 saturated carbocycles. The second kappa shape index (κ2) is 9.91. The van der Waals surface area contributed by atoms with E-state index < -0.39 is 5.25 Å². The van der Waals surface area contributed by atoms with Crippen LogP contribution in [0.2, 0.25) is 0 Å². The van der Waals surface area contributed by atoms with Crippen LogP contribution in [0.25, 0.3) is 0 Å². The molecular formula is C21H28N4O3S. The number of benzene rings is 1. The highest BCUT2D eigenvalue weighted by Crippen LogP contribution is 2.29. The first-order valence-corrected chi connectivity index (χ1v) is 11.0. The lowest BCUT2D eigenvalue weighted by molar-refractivity contribution is -0.121. The Morgan fingerprint density at radius 3 is 2.55 bits per heavy atom. The van der Waals surface area contributed by atoms with Crippen molar-refractivity contribution in [3.05, 3.63) is 29.8 Å². The van der Waals surface area contributed by atoms with Crippen LogP contribution in [0.5, 0.6) is 0 Å². The zero-order valence-electron chi connectivity index (χ0n) is 16.9. The van der Waals surface area contributed by atoms with Gasteiger partial charge in [0.25, 0.3) is 11.8 Å². The number of aliphatic imine (C=N–C) groups is 1. The summed E-state index contributed by atoms with van der Waals surface area (Å²) >= 11 is 1.38. The Kier molecular flexibility index (Phi) is 7.30. The Labute approximate surface area is 175 Å². The normalized spacial score (nSPS) is 18.9. The Hall–Kier alpha value is -2.35. The number of hydrogen-bond donors (Lipinski definition) is 2. The third kappa shape index (κ3) is 6.06. The number of nitrogens with one attached hydrogen (secondary N) is 2. The molecule has 156 valence electrons. The number of rotatable bonds is 7. The summed E-state index contributed by atoms with van der Waals surface area (Å²) in [5, 5.41) is 5.97. The predicted octanol–water partition coefficient (Wildman–Crippen LogP) is 2.88. The van der Waals surface area contributed by atoms with Crippen molar-refractivity contribution in [1.29, 1.82) is 0 Å². The SMILES string of the molecule is CC(C)CCNC(=O)c1ccc(NC(=O)C[C@@H]2SC(N3CCCC3)=NC2=O)cc1. The number of carbonyl (C=O) groups is 3. The topological polar surface area (TPSA) is 90.9 Å². The summed E-state index contributed by atoms with van der Waals surface area (Å²) < 4.78 is 0. The maximum atomic E-state index is 12.3. The molecule has 0 aliphatic carbocycles. The predicted molar refractivity (Wildman–Crippen MR) is 116 cm³/mol. The van der Waals surface area contributed by atoms with Gasteiger partial charge in [0.15, 0.2) is 5.17 Å². The number of hydrogen-bond acceptors (Lipinski definition) is 5. The van der Waals surface area contributed by atoms with Crippen molar-refractivity contribution in [3.63, 3.8) is 0 Å². The lowest BCUT2D eigenvalue weighted by Gasteiger charge is -2.16. The highest BCUT2D eigenvalue weighted by Gasteiger charge is 2.33. The Morgan fingerprint density at radius 1 is 1.21 bits per heavy atom. The fourth-order valence-corrected chi connectivity index (χ4v) is 4.33. The van der Waals surface area contributed by atoms with Crippen molar-refractivity contribution in [3.8, 4) is 0 Å². The molecule has 1 saturated heterocycles. The fourth-order valence-electron chi connectivity index (χ4n) is 3.21. The monoisotopic (exact) mass is 416 g/mol. The van der Waals surface area contributed by atoms with Gasteiger partial charge in [-0.15, -0.1) is 0 Å². The summed E-state index contributed by atoms with van der Waals surface area (Å²) in [5.41, 5.74) is 1.15. The van der Waals surface area contributed by atoms with Crippen molar-refractivity contribution in [2.45, 2.75) is 44.8 Å². The van der Waals surface area contributed by atoms with E-state index in [9.17, 15) is 14.4 Å². The van der Waals surface area contributed by atoms with E-state index in [-0.39, 0.29) is 24.1 Å². The summed E-state index contributed by atoms with van der Waals surface area (Å²) in [7, 11) is 0. The van der Waals surface area contributed by atoms with Gasteiger partial charge in [0.05, 0.1) is 0 Å². The lowest BCUT2D eigenvalue weighted by atomic mass is 10.1. The van der Waals surface area contributed by atoms with Gasteiger partial charge in [0.1, 0.15) is 5.25 Å². The van der Waals surface area contributed by atoms with Crippen LogP contribution in [0.4, 0.5) is 5.69 Å². The molecule has 8 heteroatoms. The van der Waals surface area contributed by atoms with Gasteiger partial charge in [0, 0.05) is 37.3 Å². The van der Waals surface area contributed by atoms with Gasteiger partial charge in [-0.1, -0.05) is 25.6 Å². The second-order valence-electron chi connectivity index (χ2n) is 7.80. The van der Waals surface area contributed by atoms with Gasteiger partial charge >= 0.3 is 0 Å². The molecule has 3 rings (SSSR count). The first-order valence-electron chi connectivity index (χ1n) is 10.1. The first kappa shape index (κ1) is 21.4. The van der Waals surface area contributed by atoms with Crippen molar-refractivity contribution in [1.82, 2.24) is 10.2 Å². The van der Waals surface area contributed by atoms with E-state index in [1.807, 2.05) is 0 Å². The summed E-state index contributed by atoms with van der Waals surface area (Å²) in [6, 6.07) is 6.77. The molecule has 1 aromatic rings. The molecular weight excluding hydrogens is 388 g/mol. The number of nitrogens with zero attached hydrogens (tertiary/aromatic N) is 2. The van der Waals surface area contributed by atoms with Crippen molar-refractivity contribution in [2.24, 2.45) is 10.9 Å². The van der Waals surface area contributed by atoms with Gasteiger partial charge in [-0.3, -0.25) is 14.4 Å². The van der Waals surface area contributed by atoms with E-state index in [0.29, 0.717) is 23.7 Å². The largest absolute Gasteiger partial charge is 0.352 e. The second-order valence-corrected chi connectivity index (χ2v) is 8.97. The molecule has 1 fully saturated rings. The molecule has 2 N–H and O–H groups in total. The molecule has 0 aromatic heterocycles. The van der Waals surface area contributed by atoms with Crippen LogP contribution in [-0.4, -0.2) is 52.7 Å². The molecule has 0 spiro atoms. The molecule has 7 nitrogen and oxygen atoms in total. The smallest absolute Gasteiger partial charge is 0.262 e. The van der Waals surface area contributed by atoms with Crippen LogP contribution < -0.4 is 10.6 Å².